The van der Waals surface area contributed by atoms with Gasteiger partial charge in [0.25, 0.3) is 0 Å². The Kier molecular flexibility index (Phi) is 3.92. The third-order valence-corrected chi connectivity index (χ3v) is 3.93. The Morgan fingerprint density at radius 1 is 1.09 bits per heavy atom. The van der Waals surface area contributed by atoms with E-state index in [1.54, 1.807) is 18.2 Å². The number of methoxy groups -OCH3 is 2. The maximum absolute atomic E-state index is 10.5. The van der Waals surface area contributed by atoms with Crippen LogP contribution in [0.5, 0.6) is 28.7 Å². The highest BCUT2D eigenvalue weighted by molar-refractivity contribution is 5.53. The van der Waals surface area contributed by atoms with E-state index >= 15 is 0 Å². The van der Waals surface area contributed by atoms with Crippen LogP contribution in [0.1, 0.15) is 29.8 Å². The first-order valence-electron chi connectivity index (χ1n) is 7.16. The molecule has 2 aromatic rings. The molecule has 0 bridgehead atoms. The molecule has 0 radical (unpaired) electrons. The van der Waals surface area contributed by atoms with Crippen molar-refractivity contribution in [2.24, 2.45) is 0 Å². The predicted octanol–water partition coefficient (Wildman–Crippen LogP) is 2.67. The van der Waals surface area contributed by atoms with Crippen molar-refractivity contribution in [3.63, 3.8) is 0 Å². The van der Waals surface area contributed by atoms with Crippen molar-refractivity contribution < 1.29 is 29.5 Å². The van der Waals surface area contributed by atoms with E-state index in [1.807, 2.05) is 0 Å². The zero-order chi connectivity index (χ0) is 16.6. The summed E-state index contributed by atoms with van der Waals surface area (Å²) >= 11 is 0. The highest BCUT2D eigenvalue weighted by Crippen LogP contribution is 2.48. The van der Waals surface area contributed by atoms with E-state index in [0.717, 1.165) is 0 Å². The molecule has 0 fully saturated rings. The van der Waals surface area contributed by atoms with Crippen molar-refractivity contribution in [2.45, 2.75) is 18.6 Å². The van der Waals surface area contributed by atoms with Crippen LogP contribution in [0.15, 0.2) is 30.3 Å². The van der Waals surface area contributed by atoms with E-state index < -0.39 is 12.2 Å². The second-order valence-corrected chi connectivity index (χ2v) is 5.34. The largest absolute Gasteiger partial charge is 0.508 e. The summed E-state index contributed by atoms with van der Waals surface area (Å²) in [6.45, 7) is 0. The van der Waals surface area contributed by atoms with Crippen molar-refractivity contribution in [2.75, 3.05) is 14.2 Å². The lowest BCUT2D eigenvalue weighted by Crippen LogP contribution is -2.20. The lowest BCUT2D eigenvalue weighted by Gasteiger charge is -2.31. The second kappa shape index (κ2) is 5.89. The summed E-state index contributed by atoms with van der Waals surface area (Å²) in [7, 11) is 3.05. The normalized spacial score (nSPS) is 19.6. The van der Waals surface area contributed by atoms with Gasteiger partial charge in [-0.15, -0.1) is 0 Å². The van der Waals surface area contributed by atoms with Crippen molar-refractivity contribution in [1.82, 2.24) is 0 Å². The Bertz CT molecular complexity index is 727. The molecule has 6 nitrogen and oxygen atoms in total. The first-order valence-corrected chi connectivity index (χ1v) is 7.16. The van der Waals surface area contributed by atoms with Crippen LogP contribution < -0.4 is 14.2 Å². The van der Waals surface area contributed by atoms with Crippen molar-refractivity contribution in [1.29, 1.82) is 0 Å². The third-order valence-electron chi connectivity index (χ3n) is 3.93. The second-order valence-electron chi connectivity index (χ2n) is 5.34. The molecule has 0 saturated heterocycles. The van der Waals surface area contributed by atoms with Crippen LogP contribution in [-0.4, -0.2) is 29.5 Å². The molecule has 0 aliphatic carbocycles. The summed E-state index contributed by atoms with van der Waals surface area (Å²) in [5.74, 6) is 1.35. The van der Waals surface area contributed by atoms with Gasteiger partial charge in [0, 0.05) is 30.2 Å². The molecule has 1 aliphatic rings. The molecular weight excluding hydrogens is 300 g/mol. The first kappa shape index (κ1) is 15.3. The quantitative estimate of drug-likeness (QED) is 0.806. The van der Waals surface area contributed by atoms with Gasteiger partial charge in [-0.3, -0.25) is 0 Å². The summed E-state index contributed by atoms with van der Waals surface area (Å²) in [5.41, 5.74) is 1.05. The highest BCUT2D eigenvalue weighted by Gasteiger charge is 2.32. The number of phenolic OH excluding ortho intramolecular Hbond substituents is 2. The minimum atomic E-state index is -0.808. The van der Waals surface area contributed by atoms with Gasteiger partial charge in [0.15, 0.2) is 0 Å². The molecule has 0 aromatic heterocycles. The Balaban J connectivity index is 2.02. The SMILES string of the molecule is COc1cc(OC)c2c(c1)OC(c1ccc(O)cc1O)CC2O. The number of ether oxygens (including phenoxy) is 3. The third kappa shape index (κ3) is 2.73. The van der Waals surface area contributed by atoms with Gasteiger partial charge in [-0.25, -0.2) is 0 Å². The summed E-state index contributed by atoms with van der Waals surface area (Å²) < 4.78 is 16.5. The van der Waals surface area contributed by atoms with E-state index in [4.69, 9.17) is 14.2 Å². The topological polar surface area (TPSA) is 88.4 Å². The van der Waals surface area contributed by atoms with E-state index in [-0.39, 0.29) is 17.9 Å². The maximum Gasteiger partial charge on any atom is 0.133 e. The molecule has 2 aromatic carbocycles. The number of phenols is 2. The van der Waals surface area contributed by atoms with Crippen LogP contribution in [-0.2, 0) is 0 Å². The van der Waals surface area contributed by atoms with E-state index in [9.17, 15) is 15.3 Å². The monoisotopic (exact) mass is 318 g/mol. The van der Waals surface area contributed by atoms with Crippen molar-refractivity contribution >= 4 is 0 Å². The molecule has 1 heterocycles. The molecule has 2 atom stereocenters. The summed E-state index contributed by atoms with van der Waals surface area (Å²) in [4.78, 5) is 0. The van der Waals surface area contributed by atoms with Crippen LogP contribution in [0, 0.1) is 0 Å². The van der Waals surface area contributed by atoms with Crippen LogP contribution in [0.2, 0.25) is 0 Å². The summed E-state index contributed by atoms with van der Waals surface area (Å²) in [5, 5.41) is 29.9. The molecule has 122 valence electrons. The summed E-state index contributed by atoms with van der Waals surface area (Å²) in [6.07, 6.45) is -1.10. The van der Waals surface area contributed by atoms with E-state index in [1.165, 1.54) is 26.4 Å². The van der Waals surface area contributed by atoms with Gasteiger partial charge in [0.2, 0.25) is 0 Å². The van der Waals surface area contributed by atoms with Gasteiger partial charge < -0.3 is 29.5 Å². The molecule has 23 heavy (non-hydrogen) atoms. The molecule has 0 amide bonds. The maximum atomic E-state index is 10.5. The molecule has 1 aliphatic heterocycles. The average Bonchev–Trinajstić information content (AvgIpc) is 2.53. The van der Waals surface area contributed by atoms with Gasteiger partial charge in [0.1, 0.15) is 34.9 Å². The first-order chi connectivity index (χ1) is 11.0. The molecule has 3 rings (SSSR count). The molecule has 3 N–H and O–H groups in total. The lowest BCUT2D eigenvalue weighted by molar-refractivity contribution is 0.0619. The van der Waals surface area contributed by atoms with Gasteiger partial charge >= 0.3 is 0 Å². The van der Waals surface area contributed by atoms with Crippen molar-refractivity contribution in [3.8, 4) is 28.7 Å². The zero-order valence-electron chi connectivity index (χ0n) is 12.8. The Morgan fingerprint density at radius 3 is 2.52 bits per heavy atom. The van der Waals surface area contributed by atoms with Crippen LogP contribution >= 0.6 is 0 Å². The Morgan fingerprint density at radius 2 is 1.87 bits per heavy atom. The van der Waals surface area contributed by atoms with Crippen molar-refractivity contribution in [3.05, 3.63) is 41.5 Å². The van der Waals surface area contributed by atoms with E-state index in [2.05, 4.69) is 0 Å². The van der Waals surface area contributed by atoms with Gasteiger partial charge in [-0.1, -0.05) is 0 Å². The molecule has 2 unspecified atom stereocenters. The fourth-order valence-corrected chi connectivity index (χ4v) is 2.81. The smallest absolute Gasteiger partial charge is 0.133 e. The van der Waals surface area contributed by atoms with Crippen LogP contribution in [0.3, 0.4) is 0 Å². The number of rotatable bonds is 3. The minimum Gasteiger partial charge on any atom is -0.508 e. The number of fused-ring (bicyclic) bond motifs is 1. The number of benzene rings is 2. The minimum absolute atomic E-state index is 0.0358. The number of aliphatic hydroxyl groups is 1. The summed E-state index contributed by atoms with van der Waals surface area (Å²) in [6, 6.07) is 7.64. The van der Waals surface area contributed by atoms with Gasteiger partial charge in [0.05, 0.1) is 25.9 Å². The molecule has 0 saturated carbocycles. The van der Waals surface area contributed by atoms with Gasteiger partial charge in [-0.2, -0.15) is 0 Å². The molecule has 6 heteroatoms. The standard InChI is InChI=1S/C17H18O6/c1-21-10-6-15(22-2)17-13(20)8-14(23-16(17)7-10)11-4-3-9(18)5-12(11)19/h3-7,13-14,18-20H,8H2,1-2H3. The Labute approximate surface area is 133 Å². The number of aliphatic hydroxyl groups excluding tert-OH is 1. The number of hydrogen-bond donors (Lipinski definition) is 3. The number of aromatic hydroxyl groups is 2. The van der Waals surface area contributed by atoms with Crippen LogP contribution in [0.4, 0.5) is 0 Å². The predicted molar refractivity (Wildman–Crippen MR) is 82.3 cm³/mol. The molecular formula is C17H18O6. The number of hydrogen-bond acceptors (Lipinski definition) is 6. The Hall–Kier alpha value is -2.60. The fourth-order valence-electron chi connectivity index (χ4n) is 2.81. The van der Waals surface area contributed by atoms with E-state index in [0.29, 0.717) is 28.4 Å². The lowest BCUT2D eigenvalue weighted by atomic mass is 9.93. The highest BCUT2D eigenvalue weighted by atomic mass is 16.5. The average molecular weight is 318 g/mol. The fraction of sp³-hybridized carbons (Fsp3) is 0.294. The van der Waals surface area contributed by atoms with Crippen LogP contribution in [0.25, 0.3) is 0 Å². The molecule has 0 spiro atoms. The zero-order valence-corrected chi connectivity index (χ0v) is 12.8. The van der Waals surface area contributed by atoms with Gasteiger partial charge in [-0.05, 0) is 12.1 Å².